The Kier molecular flexibility index (Phi) is 3.26. The molecule has 0 bridgehead atoms. The molecule has 0 radical (unpaired) electrons. The fraction of sp³-hybridized carbons (Fsp3) is 0. The highest BCUT2D eigenvalue weighted by atomic mass is 19.1. The topological polar surface area (TPSA) is 104 Å². The number of fused-ring (bicyclic) bond motifs is 1. The van der Waals surface area contributed by atoms with Crippen molar-refractivity contribution in [2.24, 2.45) is 10.2 Å². The van der Waals surface area contributed by atoms with Gasteiger partial charge in [0.25, 0.3) is 5.69 Å². The molecule has 1 heterocycles. The molecule has 0 amide bonds. The molecule has 0 unspecified atom stereocenters. The first-order valence-corrected chi connectivity index (χ1v) is 6.21. The molecule has 3 aromatic rings. The summed E-state index contributed by atoms with van der Waals surface area (Å²) in [6.07, 6.45) is 0. The van der Waals surface area contributed by atoms with Gasteiger partial charge in [0.1, 0.15) is 5.82 Å². The van der Waals surface area contributed by atoms with E-state index in [-0.39, 0.29) is 17.3 Å². The molecule has 0 saturated heterocycles. The van der Waals surface area contributed by atoms with E-state index in [1.165, 1.54) is 42.5 Å². The minimum atomic E-state index is -0.537. The Balaban J connectivity index is 2.05. The lowest BCUT2D eigenvalue weighted by Gasteiger charge is -1.94. The summed E-state index contributed by atoms with van der Waals surface area (Å²) in [7, 11) is 0. The molecular formula is C14H9FN4O3. The van der Waals surface area contributed by atoms with Gasteiger partial charge < -0.3 is 10.1 Å². The normalized spacial score (nSPS) is 11.3. The van der Waals surface area contributed by atoms with Crippen molar-refractivity contribution >= 4 is 28.0 Å². The number of hydrogen-bond donors (Lipinski definition) is 2. The highest BCUT2D eigenvalue weighted by molar-refractivity contribution is 5.95. The molecule has 8 heteroatoms. The zero-order valence-electron chi connectivity index (χ0n) is 11.0. The number of nitro benzene ring substituents is 1. The highest BCUT2D eigenvalue weighted by Crippen LogP contribution is 2.37. The van der Waals surface area contributed by atoms with Crippen molar-refractivity contribution in [3.05, 3.63) is 58.4 Å². The van der Waals surface area contributed by atoms with Crippen molar-refractivity contribution in [3.8, 4) is 5.88 Å². The van der Waals surface area contributed by atoms with Crippen LogP contribution in [0.3, 0.4) is 0 Å². The minimum Gasteiger partial charge on any atom is -0.493 e. The number of nitro groups is 1. The Morgan fingerprint density at radius 3 is 2.55 bits per heavy atom. The van der Waals surface area contributed by atoms with Crippen molar-refractivity contribution in [2.75, 3.05) is 0 Å². The molecule has 0 aliphatic carbocycles. The van der Waals surface area contributed by atoms with Crippen LogP contribution in [0, 0.1) is 15.9 Å². The van der Waals surface area contributed by atoms with E-state index in [1.54, 1.807) is 0 Å². The standard InChI is InChI=1S/C14H9FN4O3/c15-8-1-3-9(4-2-8)17-18-13-11-7-10(19(21)22)5-6-12(11)16-14(13)20/h1-7,16,20H. The van der Waals surface area contributed by atoms with Crippen LogP contribution in [-0.2, 0) is 0 Å². The zero-order chi connectivity index (χ0) is 15.7. The van der Waals surface area contributed by atoms with E-state index in [2.05, 4.69) is 15.2 Å². The molecule has 22 heavy (non-hydrogen) atoms. The van der Waals surface area contributed by atoms with Crippen molar-refractivity contribution in [1.29, 1.82) is 0 Å². The van der Waals surface area contributed by atoms with Gasteiger partial charge in [-0.15, -0.1) is 5.11 Å². The number of aromatic hydroxyl groups is 1. The van der Waals surface area contributed by atoms with Gasteiger partial charge in [-0.2, -0.15) is 5.11 Å². The lowest BCUT2D eigenvalue weighted by Crippen LogP contribution is -1.86. The molecule has 0 saturated carbocycles. The number of nitrogens with zero attached hydrogens (tertiary/aromatic N) is 3. The molecule has 0 aliphatic rings. The minimum absolute atomic E-state index is 0.0861. The first-order valence-electron chi connectivity index (χ1n) is 6.21. The van der Waals surface area contributed by atoms with Crippen LogP contribution in [0.4, 0.5) is 21.5 Å². The number of azo groups is 1. The Morgan fingerprint density at radius 2 is 1.86 bits per heavy atom. The van der Waals surface area contributed by atoms with Gasteiger partial charge in [-0.05, 0) is 30.3 Å². The second-order valence-corrected chi connectivity index (χ2v) is 4.49. The van der Waals surface area contributed by atoms with Crippen LogP contribution >= 0.6 is 0 Å². The summed E-state index contributed by atoms with van der Waals surface area (Å²) in [5.41, 5.74) is 0.851. The van der Waals surface area contributed by atoms with Gasteiger partial charge in [0.2, 0.25) is 5.88 Å². The van der Waals surface area contributed by atoms with Crippen molar-refractivity contribution in [1.82, 2.24) is 4.98 Å². The van der Waals surface area contributed by atoms with E-state index in [4.69, 9.17) is 0 Å². The maximum absolute atomic E-state index is 12.8. The monoisotopic (exact) mass is 300 g/mol. The number of non-ortho nitro benzene ring substituents is 1. The van der Waals surface area contributed by atoms with Gasteiger partial charge in [0.15, 0.2) is 5.69 Å². The van der Waals surface area contributed by atoms with Crippen LogP contribution in [0.2, 0.25) is 0 Å². The van der Waals surface area contributed by atoms with E-state index in [0.29, 0.717) is 16.6 Å². The second-order valence-electron chi connectivity index (χ2n) is 4.49. The average Bonchev–Trinajstić information content (AvgIpc) is 2.81. The maximum atomic E-state index is 12.8. The fourth-order valence-electron chi connectivity index (χ4n) is 1.98. The number of hydrogen-bond acceptors (Lipinski definition) is 5. The van der Waals surface area contributed by atoms with Crippen LogP contribution in [0.1, 0.15) is 0 Å². The molecule has 0 fully saturated rings. The Hall–Kier alpha value is -3.29. The van der Waals surface area contributed by atoms with E-state index >= 15 is 0 Å². The summed E-state index contributed by atoms with van der Waals surface area (Å²) in [6, 6.07) is 9.40. The van der Waals surface area contributed by atoms with Crippen LogP contribution in [-0.4, -0.2) is 15.0 Å². The molecule has 0 aliphatic heterocycles. The fourth-order valence-corrected chi connectivity index (χ4v) is 1.98. The molecule has 0 spiro atoms. The Morgan fingerprint density at radius 1 is 1.14 bits per heavy atom. The third kappa shape index (κ3) is 2.49. The van der Waals surface area contributed by atoms with E-state index in [0.717, 1.165) is 0 Å². The van der Waals surface area contributed by atoms with Gasteiger partial charge in [-0.1, -0.05) is 0 Å². The number of benzene rings is 2. The predicted molar refractivity (Wildman–Crippen MR) is 77.2 cm³/mol. The molecule has 110 valence electrons. The first kappa shape index (κ1) is 13.7. The smallest absolute Gasteiger partial charge is 0.270 e. The average molecular weight is 300 g/mol. The van der Waals surface area contributed by atoms with Gasteiger partial charge in [0.05, 0.1) is 16.1 Å². The summed E-state index contributed by atoms with van der Waals surface area (Å²) in [6.45, 7) is 0. The molecule has 2 aromatic carbocycles. The quantitative estimate of drug-likeness (QED) is 0.427. The van der Waals surface area contributed by atoms with E-state index in [1.807, 2.05) is 0 Å². The zero-order valence-corrected chi connectivity index (χ0v) is 11.0. The van der Waals surface area contributed by atoms with Crippen LogP contribution in [0.25, 0.3) is 10.9 Å². The predicted octanol–water partition coefficient (Wildman–Crippen LogP) is 4.34. The summed E-state index contributed by atoms with van der Waals surface area (Å²) < 4.78 is 12.8. The van der Waals surface area contributed by atoms with Crippen molar-refractivity contribution < 1.29 is 14.4 Å². The second kappa shape index (κ2) is 5.24. The number of rotatable bonds is 3. The molecule has 3 rings (SSSR count). The molecule has 0 atom stereocenters. The van der Waals surface area contributed by atoms with Crippen molar-refractivity contribution in [3.63, 3.8) is 0 Å². The first-order chi connectivity index (χ1) is 10.5. The number of halogens is 1. The highest BCUT2D eigenvalue weighted by Gasteiger charge is 2.14. The Labute approximate surface area is 122 Å². The lowest BCUT2D eigenvalue weighted by molar-refractivity contribution is -0.384. The number of aromatic nitrogens is 1. The molecule has 2 N–H and O–H groups in total. The number of H-pyrrole nitrogens is 1. The van der Waals surface area contributed by atoms with Gasteiger partial charge >= 0.3 is 0 Å². The van der Waals surface area contributed by atoms with Gasteiger partial charge in [-0.25, -0.2) is 4.39 Å². The third-order valence-corrected chi connectivity index (χ3v) is 3.04. The largest absolute Gasteiger partial charge is 0.493 e. The summed E-state index contributed by atoms with van der Waals surface area (Å²) in [5, 5.41) is 28.8. The van der Waals surface area contributed by atoms with Crippen LogP contribution in [0.15, 0.2) is 52.7 Å². The molecule has 7 nitrogen and oxygen atoms in total. The van der Waals surface area contributed by atoms with Gasteiger partial charge in [0, 0.05) is 17.5 Å². The summed E-state index contributed by atoms with van der Waals surface area (Å²) in [5.74, 6) is -0.647. The SMILES string of the molecule is O=[N+]([O-])c1ccc2[nH]c(O)c(N=Nc3ccc(F)cc3)c2c1. The summed E-state index contributed by atoms with van der Waals surface area (Å²) in [4.78, 5) is 12.9. The lowest BCUT2D eigenvalue weighted by atomic mass is 10.2. The van der Waals surface area contributed by atoms with E-state index < -0.39 is 10.7 Å². The van der Waals surface area contributed by atoms with Crippen molar-refractivity contribution in [2.45, 2.75) is 0 Å². The molecular weight excluding hydrogens is 291 g/mol. The van der Waals surface area contributed by atoms with Crippen LogP contribution in [0.5, 0.6) is 5.88 Å². The van der Waals surface area contributed by atoms with E-state index in [9.17, 15) is 19.6 Å². The Bertz CT molecular complexity index is 887. The summed E-state index contributed by atoms with van der Waals surface area (Å²) >= 11 is 0. The van der Waals surface area contributed by atoms with Gasteiger partial charge in [-0.3, -0.25) is 10.1 Å². The third-order valence-electron chi connectivity index (χ3n) is 3.04. The van der Waals surface area contributed by atoms with Crippen LogP contribution < -0.4 is 0 Å². The number of nitrogens with one attached hydrogen (secondary N) is 1. The molecule has 1 aromatic heterocycles. The maximum Gasteiger partial charge on any atom is 0.270 e. The number of aromatic amines is 1.